The molecule has 0 bridgehead atoms. The summed E-state index contributed by atoms with van der Waals surface area (Å²) in [5.41, 5.74) is 0.593. The molecule has 0 saturated heterocycles. The molecule has 0 aliphatic carbocycles. The fourth-order valence-electron chi connectivity index (χ4n) is 3.22. The number of nitrogens with one attached hydrogen (secondary N) is 1. The first-order valence-electron chi connectivity index (χ1n) is 9.52. The number of hydrogen-bond acceptors (Lipinski definition) is 5. The molecule has 0 saturated carbocycles. The number of carbonyl (C=O) groups excluding carboxylic acids is 1. The van der Waals surface area contributed by atoms with Crippen molar-refractivity contribution >= 4 is 22.6 Å². The summed E-state index contributed by atoms with van der Waals surface area (Å²) in [6.07, 6.45) is 0. The SMILES string of the molecule is COc1ccc(-c2cc(NC(=O)c3cc4ccccc4oc3=O)ccc2OC(F)F)cc1. The molecule has 0 unspecified atom stereocenters. The second-order valence-electron chi connectivity index (χ2n) is 6.76. The highest BCUT2D eigenvalue weighted by atomic mass is 19.3. The number of carbonyl (C=O) groups is 1. The average molecular weight is 437 g/mol. The van der Waals surface area contributed by atoms with E-state index in [2.05, 4.69) is 10.1 Å². The zero-order valence-corrected chi connectivity index (χ0v) is 16.8. The van der Waals surface area contributed by atoms with Crippen molar-refractivity contribution in [1.82, 2.24) is 0 Å². The highest BCUT2D eigenvalue weighted by Crippen LogP contribution is 2.34. The Labute approximate surface area is 181 Å². The van der Waals surface area contributed by atoms with Crippen LogP contribution in [0.25, 0.3) is 22.1 Å². The summed E-state index contributed by atoms with van der Waals surface area (Å²) in [7, 11) is 1.51. The Kier molecular flexibility index (Phi) is 5.85. The molecule has 0 fully saturated rings. The first-order chi connectivity index (χ1) is 15.4. The number of amides is 1. The lowest BCUT2D eigenvalue weighted by Crippen LogP contribution is -2.20. The van der Waals surface area contributed by atoms with Gasteiger partial charge in [0.1, 0.15) is 22.6 Å². The number of methoxy groups -OCH3 is 1. The van der Waals surface area contributed by atoms with Crippen molar-refractivity contribution in [3.8, 4) is 22.6 Å². The number of ether oxygens (including phenoxy) is 2. The molecule has 162 valence electrons. The predicted octanol–water partition coefficient (Wildman–Crippen LogP) is 5.32. The van der Waals surface area contributed by atoms with E-state index < -0.39 is 18.1 Å². The maximum absolute atomic E-state index is 12.9. The molecule has 0 aliphatic heterocycles. The molecule has 0 radical (unpaired) electrons. The van der Waals surface area contributed by atoms with E-state index in [1.165, 1.54) is 31.4 Å². The van der Waals surface area contributed by atoms with Crippen LogP contribution < -0.4 is 20.4 Å². The van der Waals surface area contributed by atoms with Crippen LogP contribution in [-0.4, -0.2) is 19.6 Å². The standard InChI is InChI=1S/C24H17F2NO5/c1-30-17-9-6-14(7-10-17)18-13-16(8-11-21(18)32-24(25)26)27-22(28)19-12-15-4-2-3-5-20(15)31-23(19)29/h2-13,24H,1H3,(H,27,28). The summed E-state index contributed by atoms with van der Waals surface area (Å²) in [6, 6.07) is 19.2. The summed E-state index contributed by atoms with van der Waals surface area (Å²) >= 11 is 0. The van der Waals surface area contributed by atoms with E-state index in [0.29, 0.717) is 27.8 Å². The monoisotopic (exact) mass is 437 g/mol. The molecular weight excluding hydrogens is 420 g/mol. The molecule has 6 nitrogen and oxygen atoms in total. The lowest BCUT2D eigenvalue weighted by atomic mass is 10.0. The van der Waals surface area contributed by atoms with Gasteiger partial charge in [0.2, 0.25) is 0 Å². The van der Waals surface area contributed by atoms with Crippen molar-refractivity contribution in [2.75, 3.05) is 12.4 Å². The normalized spacial score (nSPS) is 10.9. The lowest BCUT2D eigenvalue weighted by Gasteiger charge is -2.14. The van der Waals surface area contributed by atoms with Gasteiger partial charge in [0, 0.05) is 16.6 Å². The average Bonchev–Trinajstić information content (AvgIpc) is 2.79. The molecule has 3 aromatic carbocycles. The topological polar surface area (TPSA) is 77.8 Å². The third kappa shape index (κ3) is 4.44. The maximum Gasteiger partial charge on any atom is 0.387 e. The van der Waals surface area contributed by atoms with Gasteiger partial charge >= 0.3 is 12.2 Å². The minimum Gasteiger partial charge on any atom is -0.497 e. The second-order valence-corrected chi connectivity index (χ2v) is 6.76. The van der Waals surface area contributed by atoms with Crippen molar-refractivity contribution in [3.63, 3.8) is 0 Å². The Morgan fingerprint density at radius 3 is 2.47 bits per heavy atom. The fraction of sp³-hybridized carbons (Fsp3) is 0.0833. The Balaban J connectivity index is 1.68. The maximum atomic E-state index is 12.9. The van der Waals surface area contributed by atoms with E-state index >= 15 is 0 Å². The van der Waals surface area contributed by atoms with Crippen molar-refractivity contribution in [2.24, 2.45) is 0 Å². The number of hydrogen-bond donors (Lipinski definition) is 1. The molecule has 0 spiro atoms. The van der Waals surface area contributed by atoms with E-state index in [0.717, 1.165) is 0 Å². The predicted molar refractivity (Wildman–Crippen MR) is 115 cm³/mol. The van der Waals surface area contributed by atoms with Crippen molar-refractivity contribution in [3.05, 3.63) is 88.8 Å². The van der Waals surface area contributed by atoms with E-state index in [1.807, 2.05) is 0 Å². The quantitative estimate of drug-likeness (QED) is 0.413. The molecule has 4 aromatic rings. The summed E-state index contributed by atoms with van der Waals surface area (Å²) in [6.45, 7) is -3.02. The van der Waals surface area contributed by atoms with Gasteiger partial charge in [0.25, 0.3) is 5.91 Å². The number of anilines is 1. The minimum absolute atomic E-state index is 0.0617. The van der Waals surface area contributed by atoms with Gasteiger partial charge in [-0.3, -0.25) is 4.79 Å². The van der Waals surface area contributed by atoms with Gasteiger partial charge in [-0.25, -0.2) is 4.79 Å². The van der Waals surface area contributed by atoms with Gasteiger partial charge < -0.3 is 19.2 Å². The molecule has 1 N–H and O–H groups in total. The van der Waals surface area contributed by atoms with E-state index in [4.69, 9.17) is 9.15 Å². The van der Waals surface area contributed by atoms with Crippen LogP contribution in [0, 0.1) is 0 Å². The fourth-order valence-corrected chi connectivity index (χ4v) is 3.22. The van der Waals surface area contributed by atoms with Crippen LogP contribution in [0.2, 0.25) is 0 Å². The Morgan fingerprint density at radius 1 is 1.00 bits per heavy atom. The molecule has 1 aromatic heterocycles. The lowest BCUT2D eigenvalue weighted by molar-refractivity contribution is -0.0494. The molecule has 32 heavy (non-hydrogen) atoms. The van der Waals surface area contributed by atoms with Crippen LogP contribution in [0.4, 0.5) is 14.5 Å². The first kappa shape index (κ1) is 21.0. The third-order valence-electron chi connectivity index (χ3n) is 4.74. The molecule has 1 heterocycles. The molecule has 0 atom stereocenters. The number of fused-ring (bicyclic) bond motifs is 1. The van der Waals surface area contributed by atoms with Crippen molar-refractivity contribution < 1.29 is 27.5 Å². The Bertz CT molecular complexity index is 1330. The van der Waals surface area contributed by atoms with Gasteiger partial charge in [-0.1, -0.05) is 30.3 Å². The number of rotatable bonds is 6. The Morgan fingerprint density at radius 2 is 1.75 bits per heavy atom. The van der Waals surface area contributed by atoms with Crippen molar-refractivity contribution in [1.29, 1.82) is 0 Å². The highest BCUT2D eigenvalue weighted by Gasteiger charge is 2.17. The van der Waals surface area contributed by atoms with Crippen molar-refractivity contribution in [2.45, 2.75) is 6.61 Å². The van der Waals surface area contributed by atoms with E-state index in [-0.39, 0.29) is 17.0 Å². The second kappa shape index (κ2) is 8.89. The van der Waals surface area contributed by atoms with Crippen LogP contribution in [-0.2, 0) is 0 Å². The highest BCUT2D eigenvalue weighted by molar-refractivity contribution is 6.05. The van der Waals surface area contributed by atoms with Gasteiger partial charge in [-0.15, -0.1) is 0 Å². The van der Waals surface area contributed by atoms with Crippen LogP contribution in [0.3, 0.4) is 0 Å². The molecular formula is C24H17F2NO5. The zero-order valence-electron chi connectivity index (χ0n) is 16.8. The molecule has 0 aliphatic rings. The number of alkyl halides is 2. The number of para-hydroxylation sites is 1. The first-order valence-corrected chi connectivity index (χ1v) is 9.52. The third-order valence-corrected chi connectivity index (χ3v) is 4.74. The Hall–Kier alpha value is -4.20. The van der Waals surface area contributed by atoms with Gasteiger partial charge in [0.05, 0.1) is 7.11 Å². The van der Waals surface area contributed by atoms with Crippen LogP contribution in [0.1, 0.15) is 10.4 Å². The van der Waals surface area contributed by atoms with E-state index in [9.17, 15) is 18.4 Å². The summed E-state index contributed by atoms with van der Waals surface area (Å²) < 4.78 is 40.7. The smallest absolute Gasteiger partial charge is 0.387 e. The van der Waals surface area contributed by atoms with E-state index in [1.54, 1.807) is 48.5 Å². The number of benzene rings is 3. The molecule has 8 heteroatoms. The van der Waals surface area contributed by atoms with Crippen LogP contribution in [0.5, 0.6) is 11.5 Å². The van der Waals surface area contributed by atoms with Gasteiger partial charge in [-0.2, -0.15) is 8.78 Å². The summed E-state index contributed by atoms with van der Waals surface area (Å²) in [4.78, 5) is 25.0. The van der Waals surface area contributed by atoms with Gasteiger partial charge in [-0.05, 0) is 48.0 Å². The molecule has 4 rings (SSSR count). The summed E-state index contributed by atoms with van der Waals surface area (Å²) in [5, 5.41) is 3.20. The zero-order chi connectivity index (χ0) is 22.7. The van der Waals surface area contributed by atoms with Crippen LogP contribution >= 0.6 is 0 Å². The van der Waals surface area contributed by atoms with Gasteiger partial charge in [0.15, 0.2) is 0 Å². The summed E-state index contributed by atoms with van der Waals surface area (Å²) in [5.74, 6) is -0.154. The number of halogens is 2. The molecule has 1 amide bonds. The van der Waals surface area contributed by atoms with Crippen LogP contribution in [0.15, 0.2) is 82.0 Å². The largest absolute Gasteiger partial charge is 0.497 e. The minimum atomic E-state index is -3.02.